The second kappa shape index (κ2) is 5.56. The molecule has 2 nitrogen and oxygen atoms in total. The lowest BCUT2D eigenvalue weighted by atomic mass is 10.1. The molecule has 68 valence electrons. The summed E-state index contributed by atoms with van der Waals surface area (Å²) in [6, 6.07) is 0. The average molecular weight is 158 g/mol. The van der Waals surface area contributed by atoms with Crippen molar-refractivity contribution in [3.05, 3.63) is 0 Å². The van der Waals surface area contributed by atoms with Gasteiger partial charge in [0.2, 0.25) is 0 Å². The summed E-state index contributed by atoms with van der Waals surface area (Å²) >= 11 is 0. The first-order valence-corrected chi connectivity index (χ1v) is 4.86. The van der Waals surface area contributed by atoms with Gasteiger partial charge in [0.25, 0.3) is 0 Å². The molecular formula is C9H22N2. The molecule has 1 rings (SSSR count). The molecule has 1 saturated heterocycles. The summed E-state index contributed by atoms with van der Waals surface area (Å²) in [4.78, 5) is 2.56. The third-order valence-corrected chi connectivity index (χ3v) is 2.30. The van der Waals surface area contributed by atoms with Crippen LogP contribution in [0.5, 0.6) is 0 Å². The van der Waals surface area contributed by atoms with Crippen LogP contribution in [0.1, 0.15) is 27.6 Å². The fraction of sp³-hybridized carbons (Fsp3) is 1.00. The first kappa shape index (κ1) is 9.01. The standard InChI is InChI=1S/C9H20N2.H2/c1-2-10-6-9-11-7-4-3-5-8-11;/h10H,2-9H2,1H3;1H. The van der Waals surface area contributed by atoms with Gasteiger partial charge in [-0.05, 0) is 32.5 Å². The molecule has 0 aliphatic carbocycles. The van der Waals surface area contributed by atoms with Gasteiger partial charge in [-0.25, -0.2) is 0 Å². The van der Waals surface area contributed by atoms with E-state index in [4.69, 9.17) is 0 Å². The van der Waals surface area contributed by atoms with Crippen molar-refractivity contribution in [2.24, 2.45) is 0 Å². The lowest BCUT2D eigenvalue weighted by Gasteiger charge is -2.26. The Balaban J connectivity index is 0.00000121. The van der Waals surface area contributed by atoms with Crippen molar-refractivity contribution in [1.29, 1.82) is 0 Å². The third-order valence-electron chi connectivity index (χ3n) is 2.30. The summed E-state index contributed by atoms with van der Waals surface area (Å²) in [6.07, 6.45) is 4.26. The maximum Gasteiger partial charge on any atom is 0.0107 e. The Kier molecular flexibility index (Phi) is 4.55. The van der Waals surface area contributed by atoms with Gasteiger partial charge >= 0.3 is 0 Å². The highest BCUT2D eigenvalue weighted by Crippen LogP contribution is 2.06. The molecule has 1 aliphatic heterocycles. The normalized spacial score (nSPS) is 20.5. The van der Waals surface area contributed by atoms with E-state index in [1.54, 1.807) is 0 Å². The zero-order valence-corrected chi connectivity index (χ0v) is 7.60. The summed E-state index contributed by atoms with van der Waals surface area (Å²) < 4.78 is 0. The number of hydrogen-bond donors (Lipinski definition) is 1. The van der Waals surface area contributed by atoms with Crippen molar-refractivity contribution in [2.75, 3.05) is 32.7 Å². The van der Waals surface area contributed by atoms with Gasteiger partial charge < -0.3 is 10.2 Å². The Hall–Kier alpha value is -0.0800. The van der Waals surface area contributed by atoms with E-state index in [9.17, 15) is 0 Å². The van der Waals surface area contributed by atoms with E-state index in [0.29, 0.717) is 0 Å². The first-order valence-electron chi connectivity index (χ1n) is 4.86. The highest BCUT2D eigenvalue weighted by Gasteiger charge is 2.07. The molecule has 1 fully saturated rings. The van der Waals surface area contributed by atoms with Gasteiger partial charge in [0.15, 0.2) is 0 Å². The topological polar surface area (TPSA) is 15.3 Å². The van der Waals surface area contributed by atoms with Gasteiger partial charge in [-0.15, -0.1) is 0 Å². The molecule has 0 aromatic rings. The second-order valence-corrected chi connectivity index (χ2v) is 3.26. The van der Waals surface area contributed by atoms with Crippen LogP contribution < -0.4 is 5.32 Å². The molecule has 0 spiro atoms. The Morgan fingerprint density at radius 2 is 2.00 bits per heavy atom. The first-order chi connectivity index (χ1) is 5.43. The molecule has 0 atom stereocenters. The van der Waals surface area contributed by atoms with Crippen molar-refractivity contribution < 1.29 is 1.43 Å². The van der Waals surface area contributed by atoms with Crippen LogP contribution in [-0.4, -0.2) is 37.6 Å². The molecule has 0 aromatic carbocycles. The van der Waals surface area contributed by atoms with Gasteiger partial charge in [0.1, 0.15) is 0 Å². The minimum atomic E-state index is 0. The number of rotatable bonds is 4. The number of likely N-dealkylation sites (N-methyl/N-ethyl adjacent to an activating group) is 1. The van der Waals surface area contributed by atoms with E-state index in [1.165, 1.54) is 38.9 Å². The van der Waals surface area contributed by atoms with Crippen LogP contribution in [0, 0.1) is 0 Å². The van der Waals surface area contributed by atoms with Crippen LogP contribution in [0.4, 0.5) is 0 Å². The van der Waals surface area contributed by atoms with Crippen molar-refractivity contribution in [2.45, 2.75) is 26.2 Å². The lowest BCUT2D eigenvalue weighted by Crippen LogP contribution is -2.35. The fourth-order valence-corrected chi connectivity index (χ4v) is 1.60. The van der Waals surface area contributed by atoms with Crippen LogP contribution in [0.3, 0.4) is 0 Å². The number of hydrogen-bond acceptors (Lipinski definition) is 2. The molecule has 0 amide bonds. The Bertz CT molecular complexity index is 92.5. The second-order valence-electron chi connectivity index (χ2n) is 3.26. The summed E-state index contributed by atoms with van der Waals surface area (Å²) in [5.41, 5.74) is 0. The summed E-state index contributed by atoms with van der Waals surface area (Å²) in [6.45, 7) is 8.32. The molecular weight excluding hydrogens is 136 g/mol. The zero-order valence-electron chi connectivity index (χ0n) is 7.60. The predicted molar refractivity (Wildman–Crippen MR) is 50.9 cm³/mol. The maximum absolute atomic E-state index is 3.35. The lowest BCUT2D eigenvalue weighted by molar-refractivity contribution is 0.229. The van der Waals surface area contributed by atoms with Gasteiger partial charge in [0.05, 0.1) is 0 Å². The molecule has 1 aliphatic rings. The SMILES string of the molecule is CCNCCN1CCCCC1.[HH]. The van der Waals surface area contributed by atoms with E-state index in [1.807, 2.05) is 0 Å². The average Bonchev–Trinajstić information content (AvgIpc) is 2.07. The van der Waals surface area contributed by atoms with Crippen LogP contribution >= 0.6 is 0 Å². The van der Waals surface area contributed by atoms with E-state index in [-0.39, 0.29) is 1.43 Å². The van der Waals surface area contributed by atoms with E-state index >= 15 is 0 Å². The smallest absolute Gasteiger partial charge is 0.0107 e. The summed E-state index contributed by atoms with van der Waals surface area (Å²) in [5.74, 6) is 0. The molecule has 1 heterocycles. The van der Waals surface area contributed by atoms with E-state index in [0.717, 1.165) is 13.1 Å². The van der Waals surface area contributed by atoms with Crippen molar-refractivity contribution in [3.8, 4) is 0 Å². The van der Waals surface area contributed by atoms with Crippen LogP contribution in [0.2, 0.25) is 0 Å². The van der Waals surface area contributed by atoms with Crippen molar-refractivity contribution >= 4 is 0 Å². The van der Waals surface area contributed by atoms with E-state index in [2.05, 4.69) is 17.1 Å². The molecule has 1 N–H and O–H groups in total. The Morgan fingerprint density at radius 3 is 2.64 bits per heavy atom. The number of nitrogens with zero attached hydrogens (tertiary/aromatic N) is 1. The monoisotopic (exact) mass is 158 g/mol. The molecule has 2 heteroatoms. The predicted octanol–water partition coefficient (Wildman–Crippen LogP) is 1.33. The summed E-state index contributed by atoms with van der Waals surface area (Å²) in [5, 5.41) is 3.35. The Morgan fingerprint density at radius 1 is 1.27 bits per heavy atom. The third kappa shape index (κ3) is 3.73. The summed E-state index contributed by atoms with van der Waals surface area (Å²) in [7, 11) is 0. The highest BCUT2D eigenvalue weighted by molar-refractivity contribution is 4.64. The quantitative estimate of drug-likeness (QED) is 0.621. The van der Waals surface area contributed by atoms with E-state index < -0.39 is 0 Å². The molecule has 0 unspecified atom stereocenters. The van der Waals surface area contributed by atoms with Gasteiger partial charge in [-0.2, -0.15) is 0 Å². The van der Waals surface area contributed by atoms with Crippen molar-refractivity contribution in [1.82, 2.24) is 10.2 Å². The molecule has 11 heavy (non-hydrogen) atoms. The molecule has 0 saturated carbocycles. The largest absolute Gasteiger partial charge is 0.316 e. The molecule has 0 radical (unpaired) electrons. The number of likely N-dealkylation sites (tertiary alicyclic amines) is 1. The maximum atomic E-state index is 3.35. The van der Waals surface area contributed by atoms with Crippen molar-refractivity contribution in [3.63, 3.8) is 0 Å². The Labute approximate surface area is 71.4 Å². The highest BCUT2D eigenvalue weighted by atomic mass is 15.1. The zero-order chi connectivity index (χ0) is 7.94. The number of nitrogens with one attached hydrogen (secondary N) is 1. The number of piperidine rings is 1. The van der Waals surface area contributed by atoms with Gasteiger partial charge in [-0.1, -0.05) is 13.3 Å². The molecule has 0 aromatic heterocycles. The minimum absolute atomic E-state index is 0. The van der Waals surface area contributed by atoms with Crippen LogP contribution in [0.15, 0.2) is 0 Å². The fourth-order valence-electron chi connectivity index (χ4n) is 1.60. The minimum Gasteiger partial charge on any atom is -0.316 e. The van der Waals surface area contributed by atoms with Gasteiger partial charge in [-0.3, -0.25) is 0 Å². The van der Waals surface area contributed by atoms with Crippen LogP contribution in [-0.2, 0) is 0 Å². The van der Waals surface area contributed by atoms with Gasteiger partial charge in [0, 0.05) is 14.5 Å². The molecule has 0 bridgehead atoms. The van der Waals surface area contributed by atoms with Crippen LogP contribution in [0.25, 0.3) is 0 Å².